The highest BCUT2D eigenvalue weighted by Gasteiger charge is 2.57. The van der Waals surface area contributed by atoms with Gasteiger partial charge in [0.1, 0.15) is 5.41 Å². The molecule has 4 heteroatoms. The molecular formula is C29H17F3O. The van der Waals surface area contributed by atoms with Gasteiger partial charge in [-0.3, -0.25) is 4.79 Å². The summed E-state index contributed by atoms with van der Waals surface area (Å²) in [5, 5.41) is 0. The van der Waals surface area contributed by atoms with E-state index in [2.05, 4.69) is 0 Å². The van der Waals surface area contributed by atoms with Crippen molar-refractivity contribution in [2.75, 3.05) is 0 Å². The molecule has 0 bridgehead atoms. The summed E-state index contributed by atoms with van der Waals surface area (Å²) in [4.78, 5) is 14.2. The number of hydrogen-bond acceptors (Lipinski definition) is 1. The Balaban J connectivity index is 1.80. The van der Waals surface area contributed by atoms with Crippen molar-refractivity contribution in [3.8, 4) is 0 Å². The lowest BCUT2D eigenvalue weighted by molar-refractivity contribution is -0.137. The van der Waals surface area contributed by atoms with E-state index in [0.29, 0.717) is 16.7 Å². The maximum Gasteiger partial charge on any atom is 0.416 e. The number of fused-ring (bicyclic) bond motifs is 5. The maximum absolute atomic E-state index is 14.2. The highest BCUT2D eigenvalue weighted by atomic mass is 19.4. The standard InChI is InChI=1S/C29H17F3O/c30-29(31,32)20-15-16-21-23(17-20)26-25(18-9-3-1-4-10-18)22-13-7-8-14-24(22)28(26,27(21)33)19-11-5-2-6-12-19/h1-17H. The zero-order valence-corrected chi connectivity index (χ0v) is 17.4. The molecule has 0 aliphatic heterocycles. The molecular weight excluding hydrogens is 421 g/mol. The minimum atomic E-state index is -4.50. The van der Waals surface area contributed by atoms with Gasteiger partial charge in [0.05, 0.1) is 5.56 Å². The summed E-state index contributed by atoms with van der Waals surface area (Å²) in [6.45, 7) is 0. The average molecular weight is 438 g/mol. The third-order valence-electron chi connectivity index (χ3n) is 6.70. The molecule has 1 atom stereocenters. The Hall–Kier alpha value is -3.92. The molecule has 0 saturated carbocycles. The Labute approximate surface area is 188 Å². The third-order valence-corrected chi connectivity index (χ3v) is 6.70. The predicted molar refractivity (Wildman–Crippen MR) is 122 cm³/mol. The number of ketones is 1. The number of alkyl halides is 3. The van der Waals surface area contributed by atoms with Crippen LogP contribution in [0.5, 0.6) is 0 Å². The summed E-state index contributed by atoms with van der Waals surface area (Å²) in [5.41, 5.74) is 3.49. The Morgan fingerprint density at radius 3 is 1.97 bits per heavy atom. The fourth-order valence-electron chi connectivity index (χ4n) is 5.41. The van der Waals surface area contributed by atoms with Gasteiger partial charge in [-0.05, 0) is 51.1 Å². The number of allylic oxidation sites excluding steroid dienone is 1. The van der Waals surface area contributed by atoms with Gasteiger partial charge in [-0.25, -0.2) is 0 Å². The second-order valence-corrected chi connectivity index (χ2v) is 8.36. The lowest BCUT2D eigenvalue weighted by Gasteiger charge is -2.28. The molecule has 4 aromatic carbocycles. The SMILES string of the molecule is O=C1c2ccc(C(F)(F)F)cc2C2=C(c3ccccc3)c3ccccc3C12c1ccccc1. The van der Waals surface area contributed by atoms with Gasteiger partial charge in [0.2, 0.25) is 0 Å². The Kier molecular flexibility index (Phi) is 4.06. The molecule has 0 fully saturated rings. The number of Topliss-reactive ketones (excluding diaryl/α,β-unsaturated/α-hetero) is 1. The monoisotopic (exact) mass is 438 g/mol. The smallest absolute Gasteiger partial charge is 0.292 e. The van der Waals surface area contributed by atoms with Crippen molar-refractivity contribution < 1.29 is 18.0 Å². The minimum absolute atomic E-state index is 0.189. The van der Waals surface area contributed by atoms with Crippen LogP contribution in [0, 0.1) is 0 Å². The fourth-order valence-corrected chi connectivity index (χ4v) is 5.41. The predicted octanol–water partition coefficient (Wildman–Crippen LogP) is 7.16. The average Bonchev–Trinajstić information content (AvgIpc) is 3.28. The quantitative estimate of drug-likeness (QED) is 0.325. The Bertz CT molecular complexity index is 1450. The fraction of sp³-hybridized carbons (Fsp3) is 0.0690. The van der Waals surface area contributed by atoms with E-state index in [4.69, 9.17) is 0 Å². The van der Waals surface area contributed by atoms with Gasteiger partial charge >= 0.3 is 6.18 Å². The molecule has 0 spiro atoms. The van der Waals surface area contributed by atoms with Gasteiger partial charge in [-0.1, -0.05) is 91.0 Å². The van der Waals surface area contributed by atoms with Crippen LogP contribution in [-0.2, 0) is 11.6 Å². The first-order chi connectivity index (χ1) is 15.9. The van der Waals surface area contributed by atoms with Crippen LogP contribution in [0.2, 0.25) is 0 Å². The molecule has 0 N–H and O–H groups in total. The molecule has 0 amide bonds. The van der Waals surface area contributed by atoms with E-state index in [1.54, 1.807) is 0 Å². The second-order valence-electron chi connectivity index (χ2n) is 8.36. The van der Waals surface area contributed by atoms with Gasteiger partial charge < -0.3 is 0 Å². The first-order valence-electron chi connectivity index (χ1n) is 10.7. The number of halogens is 3. The van der Waals surface area contributed by atoms with E-state index >= 15 is 0 Å². The van der Waals surface area contributed by atoms with Crippen molar-refractivity contribution in [3.63, 3.8) is 0 Å². The van der Waals surface area contributed by atoms with Crippen LogP contribution in [0.25, 0.3) is 11.1 Å². The van der Waals surface area contributed by atoms with Crippen LogP contribution in [0.3, 0.4) is 0 Å². The van der Waals surface area contributed by atoms with Crippen LogP contribution < -0.4 is 0 Å². The molecule has 0 saturated heterocycles. The van der Waals surface area contributed by atoms with E-state index in [9.17, 15) is 18.0 Å². The molecule has 4 aromatic rings. The van der Waals surface area contributed by atoms with Gasteiger partial charge in [-0.2, -0.15) is 13.2 Å². The van der Waals surface area contributed by atoms with E-state index in [0.717, 1.165) is 40.0 Å². The first-order valence-corrected chi connectivity index (χ1v) is 10.7. The number of rotatable bonds is 2. The van der Waals surface area contributed by atoms with Crippen LogP contribution in [0.1, 0.15) is 43.7 Å². The van der Waals surface area contributed by atoms with Crippen LogP contribution in [0.15, 0.2) is 103 Å². The van der Waals surface area contributed by atoms with E-state index < -0.39 is 17.2 Å². The Morgan fingerprint density at radius 1 is 0.636 bits per heavy atom. The van der Waals surface area contributed by atoms with E-state index in [1.165, 1.54) is 6.07 Å². The summed E-state index contributed by atoms with van der Waals surface area (Å²) >= 11 is 0. The molecule has 0 heterocycles. The van der Waals surface area contributed by atoms with Crippen LogP contribution in [0.4, 0.5) is 13.2 Å². The summed E-state index contributed by atoms with van der Waals surface area (Å²) < 4.78 is 41.1. The van der Waals surface area contributed by atoms with Crippen molar-refractivity contribution in [1.82, 2.24) is 0 Å². The molecule has 1 unspecified atom stereocenters. The van der Waals surface area contributed by atoms with Crippen molar-refractivity contribution in [2.45, 2.75) is 11.6 Å². The zero-order chi connectivity index (χ0) is 22.8. The van der Waals surface area contributed by atoms with Crippen LogP contribution in [-0.4, -0.2) is 5.78 Å². The van der Waals surface area contributed by atoms with Crippen molar-refractivity contribution in [2.24, 2.45) is 0 Å². The lowest BCUT2D eigenvalue weighted by Crippen LogP contribution is -2.32. The normalized spacial score (nSPS) is 18.8. The highest BCUT2D eigenvalue weighted by Crippen LogP contribution is 2.62. The molecule has 6 rings (SSSR count). The lowest BCUT2D eigenvalue weighted by atomic mass is 9.71. The number of benzene rings is 4. The minimum Gasteiger partial charge on any atom is -0.292 e. The molecule has 0 radical (unpaired) electrons. The number of carbonyl (C=O) groups excluding carboxylic acids is 1. The van der Waals surface area contributed by atoms with E-state index in [-0.39, 0.29) is 5.78 Å². The second kappa shape index (κ2) is 6.79. The first kappa shape index (κ1) is 19.7. The van der Waals surface area contributed by atoms with Gasteiger partial charge in [-0.15, -0.1) is 0 Å². The summed E-state index contributed by atoms with van der Waals surface area (Å²) in [7, 11) is 0. The van der Waals surface area contributed by atoms with Crippen molar-refractivity contribution >= 4 is 16.9 Å². The number of carbonyl (C=O) groups is 1. The molecule has 2 aliphatic carbocycles. The summed E-state index contributed by atoms with van der Waals surface area (Å²) in [5.74, 6) is -0.189. The van der Waals surface area contributed by atoms with Crippen molar-refractivity contribution in [1.29, 1.82) is 0 Å². The number of hydrogen-bond donors (Lipinski definition) is 0. The third kappa shape index (κ3) is 2.58. The molecule has 160 valence electrons. The topological polar surface area (TPSA) is 17.1 Å². The van der Waals surface area contributed by atoms with E-state index in [1.807, 2.05) is 84.9 Å². The molecule has 2 aliphatic rings. The molecule has 33 heavy (non-hydrogen) atoms. The summed E-state index contributed by atoms with van der Waals surface area (Å²) in [6, 6.07) is 30.1. The van der Waals surface area contributed by atoms with Gasteiger partial charge in [0.25, 0.3) is 0 Å². The molecule has 1 nitrogen and oxygen atoms in total. The largest absolute Gasteiger partial charge is 0.416 e. The van der Waals surface area contributed by atoms with Crippen LogP contribution >= 0.6 is 0 Å². The summed E-state index contributed by atoms with van der Waals surface area (Å²) in [6.07, 6.45) is -4.50. The van der Waals surface area contributed by atoms with Crippen molar-refractivity contribution in [3.05, 3.63) is 142 Å². The van der Waals surface area contributed by atoms with Gasteiger partial charge in [0.15, 0.2) is 5.78 Å². The Morgan fingerprint density at radius 2 is 1.27 bits per heavy atom. The molecule has 0 aromatic heterocycles. The maximum atomic E-state index is 14.2. The van der Waals surface area contributed by atoms with Gasteiger partial charge in [0, 0.05) is 5.56 Å². The highest BCUT2D eigenvalue weighted by molar-refractivity contribution is 6.31. The zero-order valence-electron chi connectivity index (χ0n) is 17.4.